The molecule has 9 heteroatoms. The Kier molecular flexibility index (Phi) is 7.18. The Morgan fingerprint density at radius 3 is 2.71 bits per heavy atom. The van der Waals surface area contributed by atoms with Crippen molar-refractivity contribution >= 4 is 23.2 Å². The van der Waals surface area contributed by atoms with Crippen LogP contribution in [-0.2, 0) is 22.4 Å². The largest absolute Gasteiger partial charge is 0.444 e. The van der Waals surface area contributed by atoms with Crippen molar-refractivity contribution in [2.24, 2.45) is 0 Å². The molecule has 0 unspecified atom stereocenters. The van der Waals surface area contributed by atoms with E-state index in [2.05, 4.69) is 35.1 Å². The number of nitrogens with zero attached hydrogens (tertiary/aromatic N) is 4. The van der Waals surface area contributed by atoms with E-state index in [9.17, 15) is 9.59 Å². The highest BCUT2D eigenvalue weighted by Crippen LogP contribution is 2.40. The van der Waals surface area contributed by atoms with Crippen LogP contribution in [-0.4, -0.2) is 81.3 Å². The van der Waals surface area contributed by atoms with Gasteiger partial charge < -0.3 is 29.2 Å². The Morgan fingerprint density at radius 2 is 1.93 bits per heavy atom. The van der Waals surface area contributed by atoms with E-state index in [0.29, 0.717) is 39.4 Å². The van der Waals surface area contributed by atoms with Crippen molar-refractivity contribution in [2.75, 3.05) is 32.8 Å². The average Bonchev–Trinajstić information content (AvgIpc) is 3.58. The van der Waals surface area contributed by atoms with Crippen LogP contribution in [0.5, 0.6) is 0 Å². The van der Waals surface area contributed by atoms with Gasteiger partial charge in [0, 0.05) is 49.5 Å². The fraction of sp³-hybridized carbons (Fsp3) is 0.531. The molecule has 0 spiro atoms. The van der Waals surface area contributed by atoms with Gasteiger partial charge in [0.25, 0.3) is 0 Å². The van der Waals surface area contributed by atoms with Crippen molar-refractivity contribution in [1.29, 1.82) is 0 Å². The lowest BCUT2D eigenvalue weighted by Crippen LogP contribution is -2.53. The van der Waals surface area contributed by atoms with Gasteiger partial charge in [0.2, 0.25) is 0 Å². The first kappa shape index (κ1) is 27.6. The van der Waals surface area contributed by atoms with E-state index >= 15 is 0 Å². The standard InChI is InChI=1S/C32H41N5O4/c1-20-16-33-29-25(20)15-24(17-34-29)23-13-22-8-10-35(30(38)36-11-12-40-19-21(36)2)18-27(22)26(14-23)28-7-6-9-37(28)31(39)41-32(3,4)5/h13-17,21,28H,6-12,18-19H2,1-5H3,(H,33,34)/t21-,28-/m0/s1. The van der Waals surface area contributed by atoms with Crippen LogP contribution in [0.3, 0.4) is 0 Å². The second kappa shape index (κ2) is 10.7. The van der Waals surface area contributed by atoms with E-state index in [1.54, 1.807) is 0 Å². The molecular weight excluding hydrogens is 518 g/mol. The van der Waals surface area contributed by atoms with E-state index in [-0.39, 0.29) is 24.2 Å². The molecule has 41 heavy (non-hydrogen) atoms. The number of pyridine rings is 1. The fourth-order valence-corrected chi connectivity index (χ4v) is 6.44. The lowest BCUT2D eigenvalue weighted by molar-refractivity contribution is 0.00923. The first-order valence-corrected chi connectivity index (χ1v) is 14.8. The van der Waals surface area contributed by atoms with Crippen molar-refractivity contribution in [1.82, 2.24) is 24.7 Å². The second-order valence-electron chi connectivity index (χ2n) is 12.7. The third-order valence-electron chi connectivity index (χ3n) is 8.57. The Labute approximate surface area is 241 Å². The number of aromatic nitrogens is 2. The van der Waals surface area contributed by atoms with Crippen molar-refractivity contribution in [3.8, 4) is 11.1 Å². The van der Waals surface area contributed by atoms with Gasteiger partial charge in [0.05, 0.1) is 25.3 Å². The van der Waals surface area contributed by atoms with Crippen LogP contribution in [0.15, 0.2) is 30.6 Å². The molecule has 9 nitrogen and oxygen atoms in total. The van der Waals surface area contributed by atoms with Gasteiger partial charge in [-0.2, -0.15) is 0 Å². The molecule has 0 bridgehead atoms. The molecule has 2 aromatic heterocycles. The molecule has 1 N–H and O–H groups in total. The van der Waals surface area contributed by atoms with Crippen LogP contribution in [0.25, 0.3) is 22.2 Å². The highest BCUT2D eigenvalue weighted by atomic mass is 16.6. The normalized spacial score (nSPS) is 21.3. The molecule has 2 atom stereocenters. The zero-order chi connectivity index (χ0) is 28.9. The number of likely N-dealkylation sites (tertiary alicyclic amines) is 1. The predicted octanol–water partition coefficient (Wildman–Crippen LogP) is 5.81. The Morgan fingerprint density at radius 1 is 1.10 bits per heavy atom. The Bertz CT molecular complexity index is 1470. The van der Waals surface area contributed by atoms with E-state index in [0.717, 1.165) is 58.1 Å². The zero-order valence-corrected chi connectivity index (χ0v) is 24.8. The molecule has 0 saturated carbocycles. The molecule has 2 saturated heterocycles. The first-order chi connectivity index (χ1) is 19.6. The number of aryl methyl sites for hydroxylation is 1. The summed E-state index contributed by atoms with van der Waals surface area (Å²) in [5, 5.41) is 1.11. The van der Waals surface area contributed by atoms with Crippen molar-refractivity contribution in [3.05, 3.63) is 52.8 Å². The molecule has 218 valence electrons. The highest BCUT2D eigenvalue weighted by Gasteiger charge is 2.37. The second-order valence-corrected chi connectivity index (χ2v) is 12.7. The van der Waals surface area contributed by atoms with Gasteiger partial charge in [0.15, 0.2) is 0 Å². The van der Waals surface area contributed by atoms with Crippen molar-refractivity contribution in [3.63, 3.8) is 0 Å². The maximum absolute atomic E-state index is 13.7. The molecule has 3 amide bonds. The minimum atomic E-state index is -0.570. The summed E-state index contributed by atoms with van der Waals surface area (Å²) in [5.41, 5.74) is 7.10. The molecule has 2 fully saturated rings. The predicted molar refractivity (Wildman–Crippen MR) is 158 cm³/mol. The van der Waals surface area contributed by atoms with Gasteiger partial charge in [-0.1, -0.05) is 6.07 Å². The third-order valence-corrected chi connectivity index (χ3v) is 8.57. The highest BCUT2D eigenvalue weighted by molar-refractivity contribution is 5.85. The van der Waals surface area contributed by atoms with Gasteiger partial charge in [-0.05, 0) is 93.8 Å². The Hall–Kier alpha value is -3.59. The molecule has 0 radical (unpaired) electrons. The number of carbonyl (C=O) groups is 2. The Balaban J connectivity index is 1.40. The molecule has 3 aliphatic rings. The maximum atomic E-state index is 13.7. The third kappa shape index (κ3) is 5.39. The number of hydrogen-bond donors (Lipinski definition) is 1. The van der Waals surface area contributed by atoms with E-state index in [1.807, 2.05) is 54.8 Å². The minimum Gasteiger partial charge on any atom is -0.444 e. The molecule has 3 aliphatic heterocycles. The number of amides is 3. The quantitative estimate of drug-likeness (QED) is 0.428. The van der Waals surface area contributed by atoms with Gasteiger partial charge in [-0.3, -0.25) is 0 Å². The van der Waals surface area contributed by atoms with Crippen molar-refractivity contribution < 1.29 is 19.1 Å². The van der Waals surface area contributed by atoms with Gasteiger partial charge in [0.1, 0.15) is 11.2 Å². The molecule has 0 aliphatic carbocycles. The number of rotatable bonds is 2. The summed E-state index contributed by atoms with van der Waals surface area (Å²) < 4.78 is 11.4. The number of morpholine rings is 1. The maximum Gasteiger partial charge on any atom is 0.410 e. The van der Waals surface area contributed by atoms with Crippen LogP contribution in [0.2, 0.25) is 0 Å². The zero-order valence-electron chi connectivity index (χ0n) is 24.8. The number of hydrogen-bond acceptors (Lipinski definition) is 5. The number of fused-ring (bicyclic) bond motifs is 2. The van der Waals surface area contributed by atoms with E-state index < -0.39 is 5.60 Å². The smallest absolute Gasteiger partial charge is 0.410 e. The van der Waals surface area contributed by atoms with Crippen LogP contribution in [0.1, 0.15) is 68.8 Å². The summed E-state index contributed by atoms with van der Waals surface area (Å²) in [5.74, 6) is 0. The van der Waals surface area contributed by atoms with Crippen molar-refractivity contribution in [2.45, 2.75) is 78.1 Å². The number of urea groups is 1. The van der Waals surface area contributed by atoms with Crippen LogP contribution < -0.4 is 0 Å². The molecule has 6 rings (SSSR count). The minimum absolute atomic E-state index is 0.0521. The first-order valence-electron chi connectivity index (χ1n) is 14.8. The number of carbonyl (C=O) groups excluding carboxylic acids is 2. The van der Waals surface area contributed by atoms with Crippen LogP contribution in [0, 0.1) is 6.92 Å². The summed E-state index contributed by atoms with van der Waals surface area (Å²) in [6, 6.07) is 6.68. The topological polar surface area (TPSA) is 91.0 Å². The van der Waals surface area contributed by atoms with Gasteiger partial charge in [-0.25, -0.2) is 14.6 Å². The fourth-order valence-electron chi connectivity index (χ4n) is 6.44. The van der Waals surface area contributed by atoms with Crippen LogP contribution in [0.4, 0.5) is 9.59 Å². The molecular formula is C32H41N5O4. The number of aromatic amines is 1. The molecule has 3 aromatic rings. The summed E-state index contributed by atoms with van der Waals surface area (Å²) in [4.78, 5) is 40.7. The van der Waals surface area contributed by atoms with Crippen LogP contribution >= 0.6 is 0 Å². The molecule has 5 heterocycles. The lowest BCUT2D eigenvalue weighted by atomic mass is 9.87. The lowest BCUT2D eigenvalue weighted by Gasteiger charge is -2.40. The molecule has 1 aromatic carbocycles. The SMILES string of the molecule is Cc1c[nH]c2ncc(-c3cc4c(c([C@@H]5CCCN5C(=O)OC(C)(C)C)c3)CN(C(=O)N3CCOC[C@@H]3C)CC4)cc12. The summed E-state index contributed by atoms with van der Waals surface area (Å²) >= 11 is 0. The number of ether oxygens (including phenoxy) is 2. The number of H-pyrrole nitrogens is 1. The number of benzene rings is 1. The summed E-state index contributed by atoms with van der Waals surface area (Å²) in [6.45, 7) is 13.4. The summed E-state index contributed by atoms with van der Waals surface area (Å²) in [6.07, 6.45) is 6.15. The number of nitrogens with one attached hydrogen (secondary N) is 1. The van der Waals surface area contributed by atoms with E-state index in [1.165, 1.54) is 5.56 Å². The van der Waals surface area contributed by atoms with E-state index in [4.69, 9.17) is 9.47 Å². The average molecular weight is 560 g/mol. The monoisotopic (exact) mass is 559 g/mol. The van der Waals surface area contributed by atoms with Gasteiger partial charge >= 0.3 is 12.1 Å². The van der Waals surface area contributed by atoms with Gasteiger partial charge in [-0.15, -0.1) is 0 Å². The summed E-state index contributed by atoms with van der Waals surface area (Å²) in [7, 11) is 0.